The van der Waals surface area contributed by atoms with E-state index >= 15 is 0 Å². The van der Waals surface area contributed by atoms with Crippen molar-refractivity contribution in [3.8, 4) is 0 Å². The highest BCUT2D eigenvalue weighted by Gasteiger charge is 2.44. The largest absolute Gasteiger partial charge is 0.394 e. The van der Waals surface area contributed by atoms with Crippen molar-refractivity contribution in [1.82, 2.24) is 5.32 Å². The SMILES string of the molecule is CCCCC/C=C\CCCCCCC(O)C(=O)NC(COC1OC(CO)C(O)C(O)C1O)C(O)C(O)CCC/C=C/CCCCCCCCCCCCCCCCCCCCCCCCCCCC. The summed E-state index contributed by atoms with van der Waals surface area (Å²) in [5.74, 6) is -0.715. The summed E-state index contributed by atoms with van der Waals surface area (Å²) in [6, 6.07) is -1.19. The molecule has 0 bridgehead atoms. The fourth-order valence-electron chi connectivity index (χ4n) is 9.44. The van der Waals surface area contributed by atoms with Gasteiger partial charge in [-0.25, -0.2) is 0 Å². The summed E-state index contributed by atoms with van der Waals surface area (Å²) in [4.78, 5) is 13.1. The Kier molecular flexibility index (Phi) is 45.2. The number of unbranched alkanes of at least 4 members (excludes halogenated alkanes) is 34. The molecule has 9 atom stereocenters. The first-order valence-corrected chi connectivity index (χ1v) is 29.2. The quantitative estimate of drug-likeness (QED) is 0.0215. The zero-order chi connectivity index (χ0) is 50.4. The molecule has 0 aromatic rings. The second-order valence-corrected chi connectivity index (χ2v) is 20.7. The third-order valence-electron chi connectivity index (χ3n) is 14.2. The number of amides is 1. The highest BCUT2D eigenvalue weighted by molar-refractivity contribution is 5.80. The fourth-order valence-corrected chi connectivity index (χ4v) is 9.44. The third kappa shape index (κ3) is 36.2. The second-order valence-electron chi connectivity index (χ2n) is 20.7. The van der Waals surface area contributed by atoms with Gasteiger partial charge in [-0.3, -0.25) is 4.79 Å². The molecule has 0 spiro atoms. The predicted molar refractivity (Wildman–Crippen MR) is 284 cm³/mol. The number of aliphatic hydroxyl groups excluding tert-OH is 7. The van der Waals surface area contributed by atoms with Crippen LogP contribution in [0.15, 0.2) is 24.3 Å². The maximum atomic E-state index is 13.1. The van der Waals surface area contributed by atoms with Gasteiger partial charge in [0.25, 0.3) is 0 Å². The fraction of sp³-hybridized carbons (Fsp3) is 0.914. The topological polar surface area (TPSA) is 189 Å². The Balaban J connectivity index is 2.22. The molecule has 1 aliphatic rings. The van der Waals surface area contributed by atoms with Gasteiger partial charge in [-0.2, -0.15) is 0 Å². The summed E-state index contributed by atoms with van der Waals surface area (Å²) >= 11 is 0. The molecule has 11 heteroatoms. The summed E-state index contributed by atoms with van der Waals surface area (Å²) in [6.45, 7) is 3.41. The molecule has 0 saturated carbocycles. The Morgan fingerprint density at radius 2 is 0.855 bits per heavy atom. The van der Waals surface area contributed by atoms with Crippen LogP contribution in [0.5, 0.6) is 0 Å². The van der Waals surface area contributed by atoms with Gasteiger partial charge in [0, 0.05) is 0 Å². The van der Waals surface area contributed by atoms with Gasteiger partial charge in [0.15, 0.2) is 6.29 Å². The number of hydrogen-bond donors (Lipinski definition) is 8. The van der Waals surface area contributed by atoms with Crippen molar-refractivity contribution in [1.29, 1.82) is 0 Å². The Labute approximate surface area is 423 Å². The molecule has 8 N–H and O–H groups in total. The van der Waals surface area contributed by atoms with Crippen LogP contribution in [0.4, 0.5) is 0 Å². The maximum absolute atomic E-state index is 13.1. The van der Waals surface area contributed by atoms with E-state index in [1.807, 2.05) is 0 Å². The second kappa shape index (κ2) is 47.6. The van der Waals surface area contributed by atoms with Crippen LogP contribution in [-0.2, 0) is 14.3 Å². The molecule has 1 fully saturated rings. The van der Waals surface area contributed by atoms with Crippen molar-refractivity contribution >= 4 is 5.91 Å². The van der Waals surface area contributed by atoms with Crippen LogP contribution in [0.25, 0.3) is 0 Å². The van der Waals surface area contributed by atoms with E-state index in [-0.39, 0.29) is 12.8 Å². The lowest BCUT2D eigenvalue weighted by Gasteiger charge is -2.40. The molecule has 0 radical (unpaired) electrons. The number of hydrogen-bond acceptors (Lipinski definition) is 10. The van der Waals surface area contributed by atoms with Crippen LogP contribution in [0.3, 0.4) is 0 Å². The van der Waals surface area contributed by atoms with Crippen molar-refractivity contribution in [2.75, 3.05) is 13.2 Å². The van der Waals surface area contributed by atoms with E-state index in [9.17, 15) is 40.5 Å². The van der Waals surface area contributed by atoms with Crippen LogP contribution >= 0.6 is 0 Å². The van der Waals surface area contributed by atoms with Gasteiger partial charge in [-0.15, -0.1) is 0 Å². The molecule has 408 valence electrons. The predicted octanol–water partition coefficient (Wildman–Crippen LogP) is 12.1. The van der Waals surface area contributed by atoms with Crippen LogP contribution < -0.4 is 5.32 Å². The van der Waals surface area contributed by atoms with Gasteiger partial charge in [0.2, 0.25) is 5.91 Å². The lowest BCUT2D eigenvalue weighted by Crippen LogP contribution is -2.60. The van der Waals surface area contributed by atoms with Crippen molar-refractivity contribution in [2.45, 2.75) is 326 Å². The van der Waals surface area contributed by atoms with Gasteiger partial charge in [-0.05, 0) is 64.2 Å². The first-order valence-electron chi connectivity index (χ1n) is 29.2. The highest BCUT2D eigenvalue weighted by atomic mass is 16.7. The molecular formula is C58H111NO10. The maximum Gasteiger partial charge on any atom is 0.249 e. The first kappa shape index (κ1) is 65.6. The Hall–Kier alpha value is -1.41. The summed E-state index contributed by atoms with van der Waals surface area (Å²) in [7, 11) is 0. The van der Waals surface area contributed by atoms with Crippen molar-refractivity contribution in [2.24, 2.45) is 0 Å². The summed E-state index contributed by atoms with van der Waals surface area (Å²) in [5.41, 5.74) is 0. The molecule has 9 unspecified atom stereocenters. The summed E-state index contributed by atoms with van der Waals surface area (Å²) in [5, 5.41) is 75.9. The average Bonchev–Trinajstić information content (AvgIpc) is 3.35. The number of rotatable bonds is 50. The zero-order valence-electron chi connectivity index (χ0n) is 44.6. The zero-order valence-corrected chi connectivity index (χ0v) is 44.6. The molecule has 1 amide bonds. The van der Waals surface area contributed by atoms with Gasteiger partial charge < -0.3 is 50.5 Å². The Morgan fingerprint density at radius 1 is 0.493 bits per heavy atom. The van der Waals surface area contributed by atoms with Gasteiger partial charge in [-0.1, -0.05) is 231 Å². The number of aliphatic hydroxyl groups is 7. The van der Waals surface area contributed by atoms with Crippen molar-refractivity contribution in [3.05, 3.63) is 24.3 Å². The third-order valence-corrected chi connectivity index (χ3v) is 14.2. The number of ether oxygens (including phenoxy) is 2. The molecule has 1 aliphatic heterocycles. The number of carbonyl (C=O) groups excluding carboxylic acids is 1. The number of carbonyl (C=O) groups is 1. The van der Waals surface area contributed by atoms with Crippen LogP contribution in [-0.4, -0.2) is 110 Å². The molecule has 11 nitrogen and oxygen atoms in total. The normalized spacial score (nSPS) is 20.5. The van der Waals surface area contributed by atoms with Crippen molar-refractivity contribution in [3.63, 3.8) is 0 Å². The molecule has 1 heterocycles. The van der Waals surface area contributed by atoms with Gasteiger partial charge in [0.1, 0.15) is 36.6 Å². The summed E-state index contributed by atoms with van der Waals surface area (Å²) < 4.78 is 11.1. The monoisotopic (exact) mass is 982 g/mol. The van der Waals surface area contributed by atoms with Gasteiger partial charge in [0.05, 0.1) is 25.4 Å². The molecular weight excluding hydrogens is 871 g/mol. The minimum absolute atomic E-state index is 0.240. The first-order chi connectivity index (χ1) is 33.7. The van der Waals surface area contributed by atoms with Crippen LogP contribution in [0, 0.1) is 0 Å². The molecule has 1 saturated heterocycles. The van der Waals surface area contributed by atoms with Crippen molar-refractivity contribution < 1.29 is 50.0 Å². The summed E-state index contributed by atoms with van der Waals surface area (Å²) in [6.07, 6.45) is 45.6. The lowest BCUT2D eigenvalue weighted by atomic mass is 9.98. The van der Waals surface area contributed by atoms with E-state index in [4.69, 9.17) is 9.47 Å². The van der Waals surface area contributed by atoms with E-state index in [0.717, 1.165) is 51.4 Å². The standard InChI is InChI=1S/C58H111NO10/c1-3-5-7-9-11-13-15-16-17-18-19-20-21-22-23-24-25-26-27-28-29-30-31-32-33-34-36-37-39-41-43-45-50(61)53(63)49(48-68-58-56(66)55(65)54(64)52(47-60)69-58)59-57(67)51(62)46-44-42-40-38-35-14-12-10-8-6-4-2/h12,14,37,39,49-56,58,60-66H,3-11,13,15-36,38,40-48H2,1-2H3,(H,59,67)/b14-12-,39-37+. The minimum Gasteiger partial charge on any atom is -0.394 e. The molecule has 0 aliphatic carbocycles. The van der Waals surface area contributed by atoms with E-state index in [2.05, 4.69) is 43.5 Å². The molecule has 69 heavy (non-hydrogen) atoms. The van der Waals surface area contributed by atoms with E-state index in [0.29, 0.717) is 12.8 Å². The Bertz CT molecular complexity index is 1170. The minimum atomic E-state index is -1.67. The van der Waals surface area contributed by atoms with E-state index in [1.54, 1.807) is 0 Å². The van der Waals surface area contributed by atoms with Crippen LogP contribution in [0.2, 0.25) is 0 Å². The molecule has 0 aromatic carbocycles. The smallest absolute Gasteiger partial charge is 0.249 e. The average molecular weight is 983 g/mol. The van der Waals surface area contributed by atoms with Gasteiger partial charge >= 0.3 is 0 Å². The van der Waals surface area contributed by atoms with E-state index < -0.39 is 74.2 Å². The number of allylic oxidation sites excluding steroid dienone is 4. The number of nitrogens with one attached hydrogen (secondary N) is 1. The highest BCUT2D eigenvalue weighted by Crippen LogP contribution is 2.23. The molecule has 1 rings (SSSR count). The van der Waals surface area contributed by atoms with E-state index in [1.165, 1.54) is 180 Å². The lowest BCUT2D eigenvalue weighted by molar-refractivity contribution is -0.303. The Morgan fingerprint density at radius 3 is 1.28 bits per heavy atom. The van der Waals surface area contributed by atoms with Crippen LogP contribution in [0.1, 0.15) is 271 Å². The molecule has 0 aromatic heterocycles.